The molecule has 0 aliphatic heterocycles. The molecule has 0 aromatic carbocycles. The van der Waals surface area contributed by atoms with Gasteiger partial charge in [-0.05, 0) is 37.5 Å². The first-order valence-electron chi connectivity index (χ1n) is 8.35. The summed E-state index contributed by atoms with van der Waals surface area (Å²) in [5.41, 5.74) is 0. The fourth-order valence-electron chi connectivity index (χ4n) is 2.26. The number of hydrogen-bond acceptors (Lipinski definition) is 3. The van der Waals surface area contributed by atoms with Crippen molar-refractivity contribution < 1.29 is 8.42 Å². The zero-order valence-electron chi connectivity index (χ0n) is 14.2. The summed E-state index contributed by atoms with van der Waals surface area (Å²) in [4.78, 5) is 4.10. The molecular formula is C15H32N4O2S. The lowest BCUT2D eigenvalue weighted by Crippen LogP contribution is -2.42. The summed E-state index contributed by atoms with van der Waals surface area (Å²) in [6.45, 7) is 6.21. The van der Waals surface area contributed by atoms with Crippen LogP contribution >= 0.6 is 0 Å². The van der Waals surface area contributed by atoms with Gasteiger partial charge in [0, 0.05) is 26.7 Å². The molecule has 0 radical (unpaired) electrons. The van der Waals surface area contributed by atoms with E-state index in [0.717, 1.165) is 25.8 Å². The van der Waals surface area contributed by atoms with Gasteiger partial charge in [0.2, 0.25) is 10.0 Å². The summed E-state index contributed by atoms with van der Waals surface area (Å²) >= 11 is 0. The van der Waals surface area contributed by atoms with Crippen LogP contribution in [0.25, 0.3) is 0 Å². The molecule has 0 amide bonds. The highest BCUT2D eigenvalue weighted by Crippen LogP contribution is 2.25. The molecule has 1 aliphatic carbocycles. The second-order valence-corrected chi connectivity index (χ2v) is 8.35. The lowest BCUT2D eigenvalue weighted by atomic mass is 9.86. The van der Waals surface area contributed by atoms with E-state index in [0.29, 0.717) is 30.9 Å². The highest BCUT2D eigenvalue weighted by Gasteiger charge is 2.19. The Labute approximate surface area is 135 Å². The van der Waals surface area contributed by atoms with Crippen molar-refractivity contribution in [1.82, 2.24) is 15.4 Å². The minimum Gasteiger partial charge on any atom is -0.356 e. The first kappa shape index (κ1) is 19.2. The van der Waals surface area contributed by atoms with Crippen LogP contribution in [0.5, 0.6) is 0 Å². The molecule has 3 N–H and O–H groups in total. The van der Waals surface area contributed by atoms with Crippen molar-refractivity contribution in [2.24, 2.45) is 16.8 Å². The molecule has 0 bridgehead atoms. The normalized spacial score (nSPS) is 16.6. The zero-order valence-corrected chi connectivity index (χ0v) is 15.0. The minimum absolute atomic E-state index is 0.0758. The molecule has 6 nitrogen and oxygen atoms in total. The Morgan fingerprint density at radius 2 is 1.91 bits per heavy atom. The summed E-state index contributed by atoms with van der Waals surface area (Å²) < 4.78 is 26.4. The van der Waals surface area contributed by atoms with Crippen LogP contribution in [0.3, 0.4) is 0 Å². The van der Waals surface area contributed by atoms with E-state index in [2.05, 4.69) is 34.2 Å². The van der Waals surface area contributed by atoms with E-state index < -0.39 is 10.0 Å². The van der Waals surface area contributed by atoms with Crippen molar-refractivity contribution in [3.05, 3.63) is 0 Å². The summed E-state index contributed by atoms with van der Waals surface area (Å²) in [5.74, 6) is 1.98. The van der Waals surface area contributed by atoms with Crippen LogP contribution in [-0.2, 0) is 10.0 Å². The van der Waals surface area contributed by atoms with Gasteiger partial charge in [-0.25, -0.2) is 13.1 Å². The molecule has 1 aliphatic rings. The largest absolute Gasteiger partial charge is 0.356 e. The van der Waals surface area contributed by atoms with E-state index in [1.54, 1.807) is 7.05 Å². The molecule has 1 rings (SSSR count). The quantitative estimate of drug-likeness (QED) is 0.320. The van der Waals surface area contributed by atoms with Crippen LogP contribution in [0, 0.1) is 11.8 Å². The fraction of sp³-hybridized carbons (Fsp3) is 0.933. The van der Waals surface area contributed by atoms with E-state index in [1.165, 1.54) is 12.8 Å². The number of rotatable bonds is 10. The SMILES string of the molecule is CN=C(NCCCC(C)C)NCCS(=O)(=O)NCC1CCC1. The molecular weight excluding hydrogens is 300 g/mol. The predicted octanol–water partition coefficient (Wildman–Crippen LogP) is 1.31. The predicted molar refractivity (Wildman–Crippen MR) is 92.6 cm³/mol. The number of sulfonamides is 1. The van der Waals surface area contributed by atoms with Crippen LogP contribution in [0.15, 0.2) is 4.99 Å². The molecule has 0 aromatic heterocycles. The Kier molecular flexibility index (Phi) is 8.78. The molecule has 0 spiro atoms. The van der Waals surface area contributed by atoms with Crippen LogP contribution in [0.4, 0.5) is 0 Å². The third kappa shape index (κ3) is 8.58. The zero-order chi connectivity index (χ0) is 16.4. The summed E-state index contributed by atoms with van der Waals surface area (Å²) in [6, 6.07) is 0. The molecule has 1 saturated carbocycles. The second-order valence-electron chi connectivity index (χ2n) is 6.43. The van der Waals surface area contributed by atoms with E-state index in [9.17, 15) is 8.42 Å². The van der Waals surface area contributed by atoms with Crippen LogP contribution in [0.1, 0.15) is 46.0 Å². The van der Waals surface area contributed by atoms with Crippen molar-refractivity contribution >= 4 is 16.0 Å². The lowest BCUT2D eigenvalue weighted by Gasteiger charge is -2.25. The summed E-state index contributed by atoms with van der Waals surface area (Å²) in [5, 5.41) is 6.25. The third-order valence-corrected chi connectivity index (χ3v) is 5.30. The third-order valence-electron chi connectivity index (χ3n) is 3.95. The van der Waals surface area contributed by atoms with Crippen molar-refractivity contribution in [2.45, 2.75) is 46.0 Å². The Morgan fingerprint density at radius 3 is 2.45 bits per heavy atom. The number of nitrogens with one attached hydrogen (secondary N) is 3. The first-order chi connectivity index (χ1) is 10.4. The number of hydrogen-bond donors (Lipinski definition) is 3. The molecule has 0 atom stereocenters. The Hall–Kier alpha value is -0.820. The molecule has 0 saturated heterocycles. The maximum Gasteiger partial charge on any atom is 0.213 e. The first-order valence-corrected chi connectivity index (χ1v) is 10.00. The van der Waals surface area contributed by atoms with Gasteiger partial charge in [-0.3, -0.25) is 4.99 Å². The topological polar surface area (TPSA) is 82.6 Å². The van der Waals surface area contributed by atoms with E-state index in [4.69, 9.17) is 0 Å². The van der Waals surface area contributed by atoms with E-state index in [-0.39, 0.29) is 5.75 Å². The highest BCUT2D eigenvalue weighted by atomic mass is 32.2. The van der Waals surface area contributed by atoms with Crippen molar-refractivity contribution in [3.8, 4) is 0 Å². The number of nitrogens with zero attached hydrogens (tertiary/aromatic N) is 1. The monoisotopic (exact) mass is 332 g/mol. The van der Waals surface area contributed by atoms with Crippen molar-refractivity contribution in [1.29, 1.82) is 0 Å². The lowest BCUT2D eigenvalue weighted by molar-refractivity contribution is 0.316. The van der Waals surface area contributed by atoms with Gasteiger partial charge >= 0.3 is 0 Å². The second kappa shape index (κ2) is 10.0. The average Bonchev–Trinajstić information content (AvgIpc) is 2.39. The van der Waals surface area contributed by atoms with Gasteiger partial charge in [0.25, 0.3) is 0 Å². The van der Waals surface area contributed by atoms with Gasteiger partial charge in [-0.15, -0.1) is 0 Å². The summed E-state index contributed by atoms with van der Waals surface area (Å²) in [7, 11) is -1.49. The van der Waals surface area contributed by atoms with Gasteiger partial charge in [-0.1, -0.05) is 20.3 Å². The van der Waals surface area contributed by atoms with E-state index >= 15 is 0 Å². The van der Waals surface area contributed by atoms with Gasteiger partial charge in [0.1, 0.15) is 0 Å². The maximum absolute atomic E-state index is 11.9. The Morgan fingerprint density at radius 1 is 1.23 bits per heavy atom. The average molecular weight is 333 g/mol. The van der Waals surface area contributed by atoms with Crippen LogP contribution in [0.2, 0.25) is 0 Å². The molecule has 22 heavy (non-hydrogen) atoms. The van der Waals surface area contributed by atoms with Crippen molar-refractivity contribution in [3.63, 3.8) is 0 Å². The van der Waals surface area contributed by atoms with Gasteiger partial charge in [-0.2, -0.15) is 0 Å². The maximum atomic E-state index is 11.9. The summed E-state index contributed by atoms with van der Waals surface area (Å²) in [6.07, 6.45) is 5.78. The van der Waals surface area contributed by atoms with E-state index in [1.807, 2.05) is 0 Å². The number of aliphatic imine (C=N–C) groups is 1. The Balaban J connectivity index is 2.14. The fourth-order valence-corrected chi connectivity index (χ4v) is 3.26. The van der Waals surface area contributed by atoms with Gasteiger partial charge < -0.3 is 10.6 Å². The molecule has 0 unspecified atom stereocenters. The minimum atomic E-state index is -3.19. The molecule has 0 aromatic rings. The van der Waals surface area contributed by atoms with Crippen molar-refractivity contribution in [2.75, 3.05) is 32.4 Å². The molecule has 7 heteroatoms. The molecule has 1 fully saturated rings. The number of guanidine groups is 1. The van der Waals surface area contributed by atoms with Crippen LogP contribution in [-0.4, -0.2) is 46.8 Å². The van der Waals surface area contributed by atoms with Gasteiger partial charge in [0.05, 0.1) is 5.75 Å². The smallest absolute Gasteiger partial charge is 0.213 e. The van der Waals surface area contributed by atoms with Gasteiger partial charge in [0.15, 0.2) is 5.96 Å². The molecule has 130 valence electrons. The molecule has 0 heterocycles. The van der Waals surface area contributed by atoms with Crippen LogP contribution < -0.4 is 15.4 Å². The Bertz CT molecular complexity index is 431. The highest BCUT2D eigenvalue weighted by molar-refractivity contribution is 7.89. The standard InChI is InChI=1S/C15H32N4O2S/c1-13(2)6-5-9-17-15(16-3)18-10-11-22(20,21)19-12-14-7-4-8-14/h13-14,19H,4-12H2,1-3H3,(H2,16,17,18).